The van der Waals surface area contributed by atoms with Gasteiger partial charge in [0.15, 0.2) is 0 Å². The van der Waals surface area contributed by atoms with Gasteiger partial charge in [-0.3, -0.25) is 18.9 Å². The van der Waals surface area contributed by atoms with Crippen LogP contribution in [-0.2, 0) is 24.7 Å². The molecular formula is C16H18N3NaO6S. The summed E-state index contributed by atoms with van der Waals surface area (Å²) in [6, 6.07) is 7.05. The molecule has 0 aliphatic carbocycles. The van der Waals surface area contributed by atoms with Gasteiger partial charge in [0.1, 0.15) is 6.04 Å². The number of likely N-dealkylation sites (tertiary alicyclic amines) is 1. The van der Waals surface area contributed by atoms with Crippen LogP contribution in [0.1, 0.15) is 20.3 Å². The molecule has 0 aromatic heterocycles. The SMILES string of the molecule is CC(=O)NC(=CC(=O)N1CC[C@@H]2[C@H]1C(=O)N2S(=O)(=O)O)c1ccccc1.[H-].[Na+]. The topological polar surface area (TPSA) is 124 Å². The number of nitrogens with one attached hydrogen (secondary N) is 1. The molecular weight excluding hydrogens is 385 g/mol. The third kappa shape index (κ3) is 4.25. The van der Waals surface area contributed by atoms with E-state index in [0.717, 1.165) is 0 Å². The zero-order valence-electron chi connectivity index (χ0n) is 15.8. The predicted molar refractivity (Wildman–Crippen MR) is 91.6 cm³/mol. The molecule has 2 aliphatic rings. The molecule has 140 valence electrons. The molecule has 2 aliphatic heterocycles. The molecule has 1 aromatic carbocycles. The molecule has 9 nitrogen and oxygen atoms in total. The fraction of sp³-hybridized carbons (Fsp3) is 0.312. The third-order valence-electron chi connectivity index (χ3n) is 4.33. The number of carbonyl (C=O) groups excluding carboxylic acids is 3. The van der Waals surface area contributed by atoms with E-state index < -0.39 is 34.2 Å². The number of fused-ring (bicyclic) bond motifs is 1. The van der Waals surface area contributed by atoms with Gasteiger partial charge in [0, 0.05) is 19.5 Å². The average Bonchev–Trinajstić information content (AvgIpc) is 2.92. The van der Waals surface area contributed by atoms with Crippen LogP contribution >= 0.6 is 0 Å². The van der Waals surface area contributed by atoms with E-state index >= 15 is 0 Å². The first kappa shape index (κ1) is 21.6. The zero-order valence-corrected chi connectivity index (χ0v) is 17.6. The van der Waals surface area contributed by atoms with Crippen LogP contribution in [-0.4, -0.2) is 58.5 Å². The van der Waals surface area contributed by atoms with Crippen LogP contribution in [0.4, 0.5) is 0 Å². The van der Waals surface area contributed by atoms with Crippen molar-refractivity contribution in [1.82, 2.24) is 14.5 Å². The standard InChI is InChI=1S/C16H17N3O6S.Na.H/c1-10(20)17-12(11-5-3-2-4-6-11)9-14(21)18-8-7-13-15(18)16(22)19(13)26(23,24)25;;/h2-6,9,13,15H,7-8H2,1H3,(H,17,20)(H,23,24,25);;/q;+1;-1/t13-,15+;;/m1../s1. The molecule has 0 saturated carbocycles. The second-order valence-corrected chi connectivity index (χ2v) is 7.34. The van der Waals surface area contributed by atoms with Gasteiger partial charge in [-0.1, -0.05) is 30.3 Å². The van der Waals surface area contributed by atoms with E-state index in [1.165, 1.54) is 17.9 Å². The number of rotatable bonds is 4. The van der Waals surface area contributed by atoms with Gasteiger partial charge in [-0.2, -0.15) is 8.42 Å². The minimum atomic E-state index is -4.63. The second kappa shape index (κ2) is 8.11. The molecule has 0 radical (unpaired) electrons. The molecule has 27 heavy (non-hydrogen) atoms. The summed E-state index contributed by atoms with van der Waals surface area (Å²) in [4.78, 5) is 37.3. The molecule has 1 aromatic rings. The van der Waals surface area contributed by atoms with E-state index in [4.69, 9.17) is 4.55 Å². The molecule has 11 heteroatoms. The summed E-state index contributed by atoms with van der Waals surface area (Å²) < 4.78 is 31.9. The van der Waals surface area contributed by atoms with Crippen LogP contribution in [0.25, 0.3) is 5.70 Å². The van der Waals surface area contributed by atoms with Crippen molar-refractivity contribution < 1.29 is 58.3 Å². The number of hydrogen-bond acceptors (Lipinski definition) is 5. The molecule has 2 saturated heterocycles. The Morgan fingerprint density at radius 2 is 1.93 bits per heavy atom. The number of hydrogen-bond donors (Lipinski definition) is 2. The Kier molecular flexibility index (Phi) is 6.48. The Hall–Kier alpha value is -1.72. The van der Waals surface area contributed by atoms with E-state index in [1.54, 1.807) is 30.3 Å². The number of nitrogens with zero attached hydrogens (tertiary/aromatic N) is 2. The maximum atomic E-state index is 12.6. The Balaban J connectivity index is 0.00000196. The van der Waals surface area contributed by atoms with Gasteiger partial charge >= 0.3 is 39.9 Å². The van der Waals surface area contributed by atoms with E-state index in [9.17, 15) is 22.8 Å². The number of amides is 3. The fourth-order valence-electron chi connectivity index (χ4n) is 3.27. The summed E-state index contributed by atoms with van der Waals surface area (Å²) in [6.45, 7) is 1.48. The molecule has 3 amide bonds. The molecule has 0 unspecified atom stereocenters. The molecule has 2 atom stereocenters. The second-order valence-electron chi connectivity index (χ2n) is 6.05. The van der Waals surface area contributed by atoms with Gasteiger partial charge in [0.05, 0.1) is 11.7 Å². The van der Waals surface area contributed by atoms with Crippen molar-refractivity contribution in [2.45, 2.75) is 25.4 Å². The molecule has 3 rings (SSSR count). The van der Waals surface area contributed by atoms with Crippen LogP contribution in [0.15, 0.2) is 36.4 Å². The molecule has 2 fully saturated rings. The Morgan fingerprint density at radius 1 is 1.30 bits per heavy atom. The number of carbonyl (C=O) groups is 3. The Labute approximate surface area is 180 Å². The van der Waals surface area contributed by atoms with E-state index in [1.807, 2.05) is 0 Å². The molecule has 0 spiro atoms. The largest absolute Gasteiger partial charge is 1.00 e. The van der Waals surface area contributed by atoms with Crippen molar-refractivity contribution in [2.24, 2.45) is 0 Å². The minimum absolute atomic E-state index is 0. The third-order valence-corrected chi connectivity index (χ3v) is 5.28. The molecule has 2 N–H and O–H groups in total. The summed E-state index contributed by atoms with van der Waals surface area (Å²) in [5.41, 5.74) is 0.899. The first-order valence-corrected chi connectivity index (χ1v) is 9.26. The van der Waals surface area contributed by atoms with Gasteiger partial charge in [0.25, 0.3) is 5.91 Å². The van der Waals surface area contributed by atoms with Crippen LogP contribution in [0.5, 0.6) is 0 Å². The monoisotopic (exact) mass is 403 g/mol. The summed E-state index contributed by atoms with van der Waals surface area (Å²) >= 11 is 0. The van der Waals surface area contributed by atoms with Gasteiger partial charge in [-0.05, 0) is 12.0 Å². The maximum Gasteiger partial charge on any atom is 1.00 e. The predicted octanol–water partition coefficient (Wildman–Crippen LogP) is -3.11. The first-order chi connectivity index (χ1) is 12.2. The smallest absolute Gasteiger partial charge is 1.00 e. The van der Waals surface area contributed by atoms with Crippen LogP contribution in [0.3, 0.4) is 0 Å². The van der Waals surface area contributed by atoms with Gasteiger partial charge < -0.3 is 11.6 Å². The van der Waals surface area contributed by atoms with Crippen molar-refractivity contribution >= 4 is 33.7 Å². The summed E-state index contributed by atoms with van der Waals surface area (Å²) in [5.74, 6) is -1.71. The minimum Gasteiger partial charge on any atom is -1.00 e. The molecule has 0 bridgehead atoms. The number of β-lactam (4-membered cyclic amide) rings is 1. The van der Waals surface area contributed by atoms with E-state index in [-0.39, 0.29) is 55.6 Å². The Morgan fingerprint density at radius 3 is 2.48 bits per heavy atom. The summed E-state index contributed by atoms with van der Waals surface area (Å²) in [6.07, 6.45) is 1.46. The summed E-state index contributed by atoms with van der Waals surface area (Å²) in [7, 11) is -4.63. The quantitative estimate of drug-likeness (QED) is 0.238. The summed E-state index contributed by atoms with van der Waals surface area (Å²) in [5, 5.41) is 2.58. The Bertz CT molecular complexity index is 908. The van der Waals surface area contributed by atoms with Crippen molar-refractivity contribution in [3.8, 4) is 0 Å². The zero-order chi connectivity index (χ0) is 19.1. The van der Waals surface area contributed by atoms with Gasteiger partial charge in [-0.15, -0.1) is 0 Å². The van der Waals surface area contributed by atoms with Crippen molar-refractivity contribution in [1.29, 1.82) is 0 Å². The van der Waals surface area contributed by atoms with Crippen LogP contribution in [0.2, 0.25) is 0 Å². The maximum absolute atomic E-state index is 12.6. The van der Waals surface area contributed by atoms with Gasteiger partial charge in [0.2, 0.25) is 11.8 Å². The van der Waals surface area contributed by atoms with Crippen molar-refractivity contribution in [3.63, 3.8) is 0 Å². The average molecular weight is 403 g/mol. The fourth-order valence-corrected chi connectivity index (χ4v) is 4.17. The van der Waals surface area contributed by atoms with Crippen LogP contribution < -0.4 is 34.9 Å². The van der Waals surface area contributed by atoms with E-state index in [2.05, 4.69) is 5.32 Å². The van der Waals surface area contributed by atoms with Crippen LogP contribution in [0, 0.1) is 0 Å². The number of benzene rings is 1. The molecule has 2 heterocycles. The van der Waals surface area contributed by atoms with Crippen molar-refractivity contribution in [3.05, 3.63) is 42.0 Å². The normalized spacial score (nSPS) is 21.9. The van der Waals surface area contributed by atoms with Crippen molar-refractivity contribution in [2.75, 3.05) is 6.54 Å². The van der Waals surface area contributed by atoms with E-state index in [0.29, 0.717) is 9.87 Å². The first-order valence-electron chi connectivity index (χ1n) is 7.86. The van der Waals surface area contributed by atoms with Gasteiger partial charge in [-0.25, -0.2) is 4.31 Å².